The van der Waals surface area contributed by atoms with Crippen LogP contribution in [-0.2, 0) is 6.54 Å². The van der Waals surface area contributed by atoms with E-state index in [1.807, 2.05) is 4.90 Å². The molecule has 1 aliphatic heterocycles. The summed E-state index contributed by atoms with van der Waals surface area (Å²) in [6.07, 6.45) is -3.40. The van der Waals surface area contributed by atoms with Crippen molar-refractivity contribution < 1.29 is 17.9 Å². The van der Waals surface area contributed by atoms with Crippen LogP contribution in [-0.4, -0.2) is 35.3 Å². The van der Waals surface area contributed by atoms with Gasteiger partial charge in [-0.3, -0.25) is 4.99 Å². The van der Waals surface area contributed by atoms with Crippen LogP contribution in [0.15, 0.2) is 23.3 Å². The molecule has 1 aliphatic rings. The predicted molar refractivity (Wildman–Crippen MR) is 57.8 cm³/mol. The molecule has 18 heavy (non-hydrogen) atoms. The summed E-state index contributed by atoms with van der Waals surface area (Å²) in [5.74, 6) is -0.0417. The zero-order valence-corrected chi connectivity index (χ0v) is 9.31. The van der Waals surface area contributed by atoms with Crippen LogP contribution in [0.5, 0.6) is 5.88 Å². The van der Waals surface area contributed by atoms with Gasteiger partial charge in [0.25, 0.3) is 0 Å². The molecule has 0 spiro atoms. The van der Waals surface area contributed by atoms with Gasteiger partial charge in [0, 0.05) is 25.4 Å². The number of ether oxygens (including phenoxy) is 1. The van der Waals surface area contributed by atoms with Crippen LogP contribution in [0.4, 0.5) is 13.2 Å². The lowest BCUT2D eigenvalue weighted by Crippen LogP contribution is -2.33. The number of hydrogen-bond acceptors (Lipinski definition) is 5. The third-order valence-electron chi connectivity index (χ3n) is 2.36. The summed E-state index contributed by atoms with van der Waals surface area (Å²) in [5.41, 5.74) is 6.36. The van der Waals surface area contributed by atoms with Gasteiger partial charge in [-0.05, 0) is 5.56 Å². The first-order valence-corrected chi connectivity index (χ1v) is 5.19. The largest absolute Gasteiger partial charge is 0.574 e. The van der Waals surface area contributed by atoms with Crippen molar-refractivity contribution in [2.75, 3.05) is 13.1 Å². The molecule has 8 heteroatoms. The highest BCUT2D eigenvalue weighted by molar-refractivity contribution is 5.79. The maximum Gasteiger partial charge on any atom is 0.574 e. The molecule has 0 saturated carbocycles. The fourth-order valence-corrected chi connectivity index (χ4v) is 1.56. The first-order valence-electron chi connectivity index (χ1n) is 5.19. The van der Waals surface area contributed by atoms with Gasteiger partial charge in [0.05, 0.1) is 6.54 Å². The number of guanidine groups is 1. The normalized spacial score (nSPS) is 15.7. The summed E-state index contributed by atoms with van der Waals surface area (Å²) in [7, 11) is 0. The average molecular weight is 260 g/mol. The molecule has 0 unspecified atom stereocenters. The van der Waals surface area contributed by atoms with Gasteiger partial charge in [0.2, 0.25) is 5.88 Å². The third-order valence-corrected chi connectivity index (χ3v) is 2.36. The van der Waals surface area contributed by atoms with Crippen molar-refractivity contribution in [1.82, 2.24) is 9.88 Å². The number of nitrogens with zero attached hydrogens (tertiary/aromatic N) is 3. The monoisotopic (exact) mass is 260 g/mol. The fourth-order valence-electron chi connectivity index (χ4n) is 1.56. The van der Waals surface area contributed by atoms with E-state index in [4.69, 9.17) is 5.73 Å². The maximum absolute atomic E-state index is 11.9. The van der Waals surface area contributed by atoms with E-state index in [0.717, 1.165) is 5.56 Å². The van der Waals surface area contributed by atoms with Gasteiger partial charge in [-0.2, -0.15) is 0 Å². The van der Waals surface area contributed by atoms with Crippen LogP contribution in [0.3, 0.4) is 0 Å². The minimum Gasteiger partial charge on any atom is -0.388 e. The molecule has 1 aromatic rings. The van der Waals surface area contributed by atoms with Crippen LogP contribution in [0.25, 0.3) is 0 Å². The Labute approximate surface area is 101 Å². The van der Waals surface area contributed by atoms with Crippen LogP contribution < -0.4 is 10.5 Å². The second kappa shape index (κ2) is 4.71. The van der Waals surface area contributed by atoms with E-state index in [1.165, 1.54) is 18.3 Å². The molecular weight excluding hydrogens is 249 g/mol. The average Bonchev–Trinajstić information content (AvgIpc) is 2.65. The Bertz CT molecular complexity index is 443. The molecule has 0 radical (unpaired) electrons. The van der Waals surface area contributed by atoms with Crippen molar-refractivity contribution in [3.05, 3.63) is 23.9 Å². The van der Waals surface area contributed by atoms with Gasteiger partial charge in [0.15, 0.2) is 5.96 Å². The van der Waals surface area contributed by atoms with Crippen molar-refractivity contribution in [3.63, 3.8) is 0 Å². The molecule has 0 aromatic carbocycles. The lowest BCUT2D eigenvalue weighted by Gasteiger charge is -2.17. The van der Waals surface area contributed by atoms with E-state index in [9.17, 15) is 13.2 Å². The number of aromatic nitrogens is 1. The summed E-state index contributed by atoms with van der Waals surface area (Å²) in [4.78, 5) is 9.41. The molecule has 0 aliphatic carbocycles. The molecular formula is C10H11F3N4O. The van der Waals surface area contributed by atoms with E-state index >= 15 is 0 Å². The molecule has 0 saturated heterocycles. The van der Waals surface area contributed by atoms with Gasteiger partial charge >= 0.3 is 6.36 Å². The predicted octanol–water partition coefficient (Wildman–Crippen LogP) is 1.11. The molecule has 2 rings (SSSR count). The molecule has 1 aromatic heterocycles. The Hall–Kier alpha value is -1.99. The highest BCUT2D eigenvalue weighted by Gasteiger charge is 2.31. The number of alkyl halides is 3. The minimum atomic E-state index is -4.72. The maximum atomic E-state index is 11.9. The summed E-state index contributed by atoms with van der Waals surface area (Å²) in [6, 6.07) is 2.69. The lowest BCUT2D eigenvalue weighted by atomic mass is 10.2. The Morgan fingerprint density at radius 3 is 2.67 bits per heavy atom. The van der Waals surface area contributed by atoms with E-state index in [2.05, 4.69) is 14.7 Å². The van der Waals surface area contributed by atoms with Crippen molar-refractivity contribution >= 4 is 5.96 Å². The quantitative estimate of drug-likeness (QED) is 0.884. The highest BCUT2D eigenvalue weighted by Crippen LogP contribution is 2.20. The summed E-state index contributed by atoms with van der Waals surface area (Å²) in [5, 5.41) is 0. The van der Waals surface area contributed by atoms with Crippen molar-refractivity contribution in [3.8, 4) is 5.88 Å². The summed E-state index contributed by atoms with van der Waals surface area (Å²) >= 11 is 0. The Kier molecular flexibility index (Phi) is 3.26. The fraction of sp³-hybridized carbons (Fsp3) is 0.400. The standard InChI is InChI=1S/C10H11F3N4O/c11-10(12,13)18-8-2-1-7(5-16-8)6-17-4-3-15-9(17)14/h1-2,5H,3-4,6H2,(H2,14,15). The van der Waals surface area contributed by atoms with Crippen molar-refractivity contribution in [2.45, 2.75) is 12.9 Å². The number of halogens is 3. The smallest absolute Gasteiger partial charge is 0.388 e. The third kappa shape index (κ3) is 3.25. The Morgan fingerprint density at radius 2 is 2.17 bits per heavy atom. The van der Waals surface area contributed by atoms with Gasteiger partial charge in [-0.1, -0.05) is 6.07 Å². The second-order valence-electron chi connectivity index (χ2n) is 3.71. The SMILES string of the molecule is NC1=NCCN1Cc1ccc(OC(F)(F)F)nc1. The van der Waals surface area contributed by atoms with Crippen LogP contribution in [0, 0.1) is 0 Å². The van der Waals surface area contributed by atoms with Crippen LogP contribution in [0.2, 0.25) is 0 Å². The Balaban J connectivity index is 1.97. The lowest BCUT2D eigenvalue weighted by molar-refractivity contribution is -0.276. The molecule has 0 amide bonds. The number of hydrogen-bond donors (Lipinski definition) is 1. The summed E-state index contributed by atoms with van der Waals surface area (Å²) in [6.45, 7) is 1.80. The second-order valence-corrected chi connectivity index (χ2v) is 3.71. The molecule has 0 fully saturated rings. The van der Waals surface area contributed by atoms with Gasteiger partial charge in [-0.25, -0.2) is 4.98 Å². The van der Waals surface area contributed by atoms with Crippen LogP contribution in [0.1, 0.15) is 5.56 Å². The van der Waals surface area contributed by atoms with Gasteiger partial charge in [0.1, 0.15) is 0 Å². The highest BCUT2D eigenvalue weighted by atomic mass is 19.4. The minimum absolute atomic E-state index is 0.436. The molecule has 0 atom stereocenters. The molecule has 98 valence electrons. The van der Waals surface area contributed by atoms with Gasteiger partial charge in [-0.15, -0.1) is 13.2 Å². The number of pyridine rings is 1. The first kappa shape index (κ1) is 12.5. The zero-order chi connectivity index (χ0) is 13.2. The number of rotatable bonds is 3. The van der Waals surface area contributed by atoms with Crippen LogP contribution >= 0.6 is 0 Å². The van der Waals surface area contributed by atoms with E-state index in [0.29, 0.717) is 25.6 Å². The number of aliphatic imine (C=N–C) groups is 1. The first-order chi connectivity index (χ1) is 8.44. The number of nitrogens with two attached hydrogens (primary N) is 1. The Morgan fingerprint density at radius 1 is 1.39 bits per heavy atom. The molecule has 5 nitrogen and oxygen atoms in total. The van der Waals surface area contributed by atoms with Gasteiger partial charge < -0.3 is 15.4 Å². The van der Waals surface area contributed by atoms with Crippen molar-refractivity contribution in [1.29, 1.82) is 0 Å². The zero-order valence-electron chi connectivity index (χ0n) is 9.31. The molecule has 2 heterocycles. The topological polar surface area (TPSA) is 63.7 Å². The molecule has 2 N–H and O–H groups in total. The van der Waals surface area contributed by atoms with E-state index in [1.54, 1.807) is 0 Å². The van der Waals surface area contributed by atoms with Crippen molar-refractivity contribution in [2.24, 2.45) is 10.7 Å². The summed E-state index contributed by atoms with van der Waals surface area (Å²) < 4.78 is 39.4. The molecule has 0 bridgehead atoms. The van der Waals surface area contributed by atoms with E-state index < -0.39 is 12.2 Å². The van der Waals surface area contributed by atoms with E-state index in [-0.39, 0.29) is 0 Å².